The number of hydrogen-bond acceptors (Lipinski definition) is 4. The summed E-state index contributed by atoms with van der Waals surface area (Å²) in [5.41, 5.74) is 1.90. The highest BCUT2D eigenvalue weighted by Gasteiger charge is 2.22. The Balaban J connectivity index is 0.00000208. The predicted molar refractivity (Wildman–Crippen MR) is 99.3 cm³/mol. The molecule has 2 aliphatic heterocycles. The maximum atomic E-state index is 12.1. The standard InChI is InChI=1S/C18H27N3O2.ClH/c1-14-13-15(20-18(22)16-5-4-8-19-16)6-7-17(14)23-12-11-21-9-2-3-10-21;/h6-7,13,16,19H,2-5,8-12H2,1H3,(H,20,22);1H/t16-;/m0./s1. The Labute approximate surface area is 150 Å². The minimum atomic E-state index is -0.0494. The Morgan fingerprint density at radius 2 is 2.12 bits per heavy atom. The van der Waals surface area contributed by atoms with Crippen LogP contribution in [0.25, 0.3) is 0 Å². The highest BCUT2D eigenvalue weighted by atomic mass is 35.5. The van der Waals surface area contributed by atoms with Crippen LogP contribution in [0.4, 0.5) is 5.69 Å². The zero-order chi connectivity index (χ0) is 16.1. The van der Waals surface area contributed by atoms with Crippen molar-refractivity contribution < 1.29 is 9.53 Å². The Hall–Kier alpha value is -1.30. The summed E-state index contributed by atoms with van der Waals surface area (Å²) in [7, 11) is 0. The second-order valence-corrected chi connectivity index (χ2v) is 6.52. The fourth-order valence-electron chi connectivity index (χ4n) is 3.32. The molecule has 1 amide bonds. The van der Waals surface area contributed by atoms with Crippen LogP contribution in [0.3, 0.4) is 0 Å². The van der Waals surface area contributed by atoms with Gasteiger partial charge in [-0.05, 0) is 76.0 Å². The third-order valence-electron chi connectivity index (χ3n) is 4.68. The van der Waals surface area contributed by atoms with Gasteiger partial charge in [-0.1, -0.05) is 0 Å². The number of anilines is 1. The van der Waals surface area contributed by atoms with Crippen molar-refractivity contribution in [3.63, 3.8) is 0 Å². The molecule has 134 valence electrons. The van der Waals surface area contributed by atoms with Crippen LogP contribution in [-0.4, -0.2) is 49.6 Å². The number of amides is 1. The van der Waals surface area contributed by atoms with Crippen molar-refractivity contribution >= 4 is 24.0 Å². The van der Waals surface area contributed by atoms with Gasteiger partial charge in [-0.3, -0.25) is 9.69 Å². The molecule has 1 aromatic rings. The average molecular weight is 354 g/mol. The van der Waals surface area contributed by atoms with Crippen molar-refractivity contribution in [1.29, 1.82) is 0 Å². The summed E-state index contributed by atoms with van der Waals surface area (Å²) in [4.78, 5) is 14.6. The van der Waals surface area contributed by atoms with Gasteiger partial charge in [-0.15, -0.1) is 12.4 Å². The molecule has 2 saturated heterocycles. The van der Waals surface area contributed by atoms with E-state index in [2.05, 4.69) is 15.5 Å². The van der Waals surface area contributed by atoms with E-state index >= 15 is 0 Å². The summed E-state index contributed by atoms with van der Waals surface area (Å²) in [5, 5.41) is 6.20. The van der Waals surface area contributed by atoms with E-state index in [1.807, 2.05) is 25.1 Å². The van der Waals surface area contributed by atoms with Crippen molar-refractivity contribution in [2.45, 2.75) is 38.6 Å². The Morgan fingerprint density at radius 3 is 2.79 bits per heavy atom. The summed E-state index contributed by atoms with van der Waals surface area (Å²) in [6, 6.07) is 5.81. The van der Waals surface area contributed by atoms with Crippen molar-refractivity contribution in [3.05, 3.63) is 23.8 Å². The molecular weight excluding hydrogens is 326 g/mol. The van der Waals surface area contributed by atoms with Gasteiger partial charge in [0.05, 0.1) is 6.04 Å². The monoisotopic (exact) mass is 353 g/mol. The van der Waals surface area contributed by atoms with Crippen LogP contribution in [0.2, 0.25) is 0 Å². The summed E-state index contributed by atoms with van der Waals surface area (Å²) < 4.78 is 5.89. The first-order chi connectivity index (χ1) is 11.2. The first kappa shape index (κ1) is 19.0. The molecule has 0 unspecified atom stereocenters. The van der Waals surface area contributed by atoms with Crippen LogP contribution in [0.1, 0.15) is 31.2 Å². The Kier molecular flexibility index (Phi) is 7.34. The van der Waals surface area contributed by atoms with Gasteiger partial charge in [0.15, 0.2) is 0 Å². The fraction of sp³-hybridized carbons (Fsp3) is 0.611. The lowest BCUT2D eigenvalue weighted by atomic mass is 10.1. The summed E-state index contributed by atoms with van der Waals surface area (Å²) >= 11 is 0. The molecular formula is C18H28ClN3O2. The summed E-state index contributed by atoms with van der Waals surface area (Å²) in [6.45, 7) is 7.06. The lowest BCUT2D eigenvalue weighted by Gasteiger charge is -2.16. The molecule has 0 aliphatic carbocycles. The molecule has 1 atom stereocenters. The molecule has 0 aromatic heterocycles. The molecule has 2 N–H and O–H groups in total. The molecule has 24 heavy (non-hydrogen) atoms. The van der Waals surface area contributed by atoms with Crippen LogP contribution in [-0.2, 0) is 4.79 Å². The maximum Gasteiger partial charge on any atom is 0.241 e. The molecule has 0 radical (unpaired) electrons. The molecule has 3 rings (SSSR count). The van der Waals surface area contributed by atoms with Gasteiger partial charge in [-0.25, -0.2) is 0 Å². The third-order valence-corrected chi connectivity index (χ3v) is 4.68. The molecule has 6 heteroatoms. The molecule has 0 spiro atoms. The normalized spacial score (nSPS) is 20.6. The summed E-state index contributed by atoms with van der Waals surface area (Å²) in [6.07, 6.45) is 4.61. The number of nitrogens with one attached hydrogen (secondary N) is 2. The first-order valence-corrected chi connectivity index (χ1v) is 8.72. The van der Waals surface area contributed by atoms with E-state index in [0.29, 0.717) is 0 Å². The molecule has 0 saturated carbocycles. The van der Waals surface area contributed by atoms with Crippen molar-refractivity contribution in [2.75, 3.05) is 38.1 Å². The molecule has 2 aliphatic rings. The molecule has 1 aromatic carbocycles. The Bertz CT molecular complexity index is 541. The molecule has 2 heterocycles. The SMILES string of the molecule is Cc1cc(NC(=O)[C@@H]2CCCN2)ccc1OCCN1CCCC1.Cl. The van der Waals surface area contributed by atoms with E-state index in [9.17, 15) is 4.79 Å². The quantitative estimate of drug-likeness (QED) is 0.825. The maximum absolute atomic E-state index is 12.1. The van der Waals surface area contributed by atoms with Crippen molar-refractivity contribution in [3.8, 4) is 5.75 Å². The highest BCUT2D eigenvalue weighted by Crippen LogP contribution is 2.22. The number of aryl methyl sites for hydroxylation is 1. The smallest absolute Gasteiger partial charge is 0.241 e. The molecule has 5 nitrogen and oxygen atoms in total. The van der Waals surface area contributed by atoms with Gasteiger partial charge in [0.25, 0.3) is 0 Å². The second-order valence-electron chi connectivity index (χ2n) is 6.52. The van der Waals surface area contributed by atoms with Gasteiger partial charge in [0.1, 0.15) is 12.4 Å². The Morgan fingerprint density at radius 1 is 1.33 bits per heavy atom. The lowest BCUT2D eigenvalue weighted by Crippen LogP contribution is -2.35. The number of carbonyl (C=O) groups is 1. The predicted octanol–water partition coefficient (Wildman–Crippen LogP) is 2.58. The number of ether oxygens (including phenoxy) is 1. The first-order valence-electron chi connectivity index (χ1n) is 8.72. The summed E-state index contributed by atoms with van der Waals surface area (Å²) in [5.74, 6) is 0.964. The largest absolute Gasteiger partial charge is 0.492 e. The van der Waals surface area contributed by atoms with Gasteiger partial charge in [0.2, 0.25) is 5.91 Å². The van der Waals surface area contributed by atoms with Crippen molar-refractivity contribution in [1.82, 2.24) is 10.2 Å². The molecule has 0 bridgehead atoms. The number of likely N-dealkylation sites (tertiary alicyclic amines) is 1. The number of halogens is 1. The minimum Gasteiger partial charge on any atom is -0.492 e. The van der Waals surface area contributed by atoms with E-state index in [1.54, 1.807) is 0 Å². The lowest BCUT2D eigenvalue weighted by molar-refractivity contribution is -0.117. The van der Waals surface area contributed by atoms with Gasteiger partial charge in [0, 0.05) is 12.2 Å². The highest BCUT2D eigenvalue weighted by molar-refractivity contribution is 5.95. The topological polar surface area (TPSA) is 53.6 Å². The van der Waals surface area contributed by atoms with Crippen molar-refractivity contribution in [2.24, 2.45) is 0 Å². The number of hydrogen-bond donors (Lipinski definition) is 2. The van der Waals surface area contributed by atoms with Gasteiger partial charge >= 0.3 is 0 Å². The van der Waals surface area contributed by atoms with E-state index < -0.39 is 0 Å². The van der Waals surface area contributed by atoms with Crippen LogP contribution in [0.5, 0.6) is 5.75 Å². The fourth-order valence-corrected chi connectivity index (χ4v) is 3.32. The zero-order valence-electron chi connectivity index (χ0n) is 14.3. The average Bonchev–Trinajstić information content (AvgIpc) is 3.22. The van der Waals surface area contributed by atoms with Crippen LogP contribution < -0.4 is 15.4 Å². The zero-order valence-corrected chi connectivity index (χ0v) is 15.2. The molecule has 2 fully saturated rings. The number of nitrogens with zero attached hydrogens (tertiary/aromatic N) is 1. The van der Waals surface area contributed by atoms with E-state index in [0.717, 1.165) is 49.5 Å². The number of carbonyl (C=O) groups excluding carboxylic acids is 1. The van der Waals surface area contributed by atoms with Crippen LogP contribution >= 0.6 is 12.4 Å². The van der Waals surface area contributed by atoms with Gasteiger partial charge in [-0.2, -0.15) is 0 Å². The van der Waals surface area contributed by atoms with Gasteiger partial charge < -0.3 is 15.4 Å². The number of rotatable bonds is 6. The van der Waals surface area contributed by atoms with E-state index in [4.69, 9.17) is 4.74 Å². The van der Waals surface area contributed by atoms with Crippen LogP contribution in [0, 0.1) is 6.92 Å². The third kappa shape index (κ3) is 5.10. The van der Waals surface area contributed by atoms with Crippen LogP contribution in [0.15, 0.2) is 18.2 Å². The van der Waals surface area contributed by atoms with E-state index in [1.165, 1.54) is 25.9 Å². The number of benzene rings is 1. The van der Waals surface area contributed by atoms with E-state index in [-0.39, 0.29) is 24.4 Å². The minimum absolute atomic E-state index is 0. The second kappa shape index (κ2) is 9.25.